The molecule has 2 rings (SSSR count). The summed E-state index contributed by atoms with van der Waals surface area (Å²) in [7, 11) is 0. The van der Waals surface area contributed by atoms with Gasteiger partial charge in [-0.05, 0) is 23.1 Å². The first-order valence-electron chi connectivity index (χ1n) is 6.01. The van der Waals surface area contributed by atoms with Crippen molar-refractivity contribution in [3.05, 3.63) is 30.1 Å². The molecule has 0 atom stereocenters. The first kappa shape index (κ1) is 12.8. The van der Waals surface area contributed by atoms with E-state index in [2.05, 4.69) is 42.9 Å². The van der Waals surface area contributed by atoms with E-state index in [1.807, 2.05) is 6.07 Å². The Hall–Kier alpha value is -1.68. The van der Waals surface area contributed by atoms with E-state index in [0.717, 1.165) is 10.9 Å². The largest absolute Gasteiger partial charge is 0.475 e. The maximum Gasteiger partial charge on any atom is 0.224 e. The average Bonchev–Trinajstić information content (AvgIpc) is 2.34. The monoisotopic (exact) mass is 246 g/mol. The highest BCUT2D eigenvalue weighted by Crippen LogP contribution is 2.28. The van der Waals surface area contributed by atoms with Gasteiger partial charge < -0.3 is 9.84 Å². The smallest absolute Gasteiger partial charge is 0.224 e. The lowest BCUT2D eigenvalue weighted by atomic mass is 9.86. The Balaban J connectivity index is 2.51. The summed E-state index contributed by atoms with van der Waals surface area (Å²) >= 11 is 0. The molecule has 1 aromatic heterocycles. The second kappa shape index (κ2) is 4.90. The van der Waals surface area contributed by atoms with Crippen molar-refractivity contribution < 1.29 is 9.84 Å². The van der Waals surface area contributed by atoms with Crippen LogP contribution in [0.5, 0.6) is 5.88 Å². The third-order valence-electron chi connectivity index (χ3n) is 2.79. The van der Waals surface area contributed by atoms with Gasteiger partial charge in [0, 0.05) is 0 Å². The summed E-state index contributed by atoms with van der Waals surface area (Å²) in [5, 5.41) is 9.70. The van der Waals surface area contributed by atoms with Crippen LogP contribution in [0.4, 0.5) is 0 Å². The van der Waals surface area contributed by atoms with Crippen molar-refractivity contribution in [2.24, 2.45) is 0 Å². The van der Waals surface area contributed by atoms with E-state index >= 15 is 0 Å². The lowest BCUT2D eigenvalue weighted by molar-refractivity contribution is 0.198. The molecule has 0 radical (unpaired) electrons. The van der Waals surface area contributed by atoms with Crippen LogP contribution < -0.4 is 4.74 Å². The van der Waals surface area contributed by atoms with Crippen LogP contribution in [0.1, 0.15) is 26.3 Å². The van der Waals surface area contributed by atoms with Crippen LogP contribution in [0.25, 0.3) is 10.9 Å². The number of benzene rings is 1. The van der Waals surface area contributed by atoms with Crippen LogP contribution in [0.3, 0.4) is 0 Å². The van der Waals surface area contributed by atoms with Crippen molar-refractivity contribution in [3.63, 3.8) is 0 Å². The van der Waals surface area contributed by atoms with Crippen molar-refractivity contribution in [3.8, 4) is 5.88 Å². The Kier molecular flexibility index (Phi) is 3.48. The zero-order chi connectivity index (χ0) is 13.2. The summed E-state index contributed by atoms with van der Waals surface area (Å²) in [5.41, 5.74) is 2.13. The maximum atomic E-state index is 8.82. The minimum absolute atomic E-state index is 0.0234. The number of fused-ring (bicyclic) bond motifs is 1. The highest BCUT2D eigenvalue weighted by atomic mass is 16.5. The van der Waals surface area contributed by atoms with Crippen LogP contribution in [0.2, 0.25) is 0 Å². The summed E-state index contributed by atoms with van der Waals surface area (Å²) in [5.74, 6) is 0.528. The molecule has 0 aliphatic carbocycles. The molecule has 0 fully saturated rings. The number of ether oxygens (including phenoxy) is 1. The number of hydrogen-bond acceptors (Lipinski definition) is 4. The molecule has 1 N–H and O–H groups in total. The minimum atomic E-state index is -0.0234. The summed E-state index contributed by atoms with van der Waals surface area (Å²) in [6.45, 7) is 6.70. The van der Waals surface area contributed by atoms with Gasteiger partial charge in [-0.3, -0.25) is 0 Å². The van der Waals surface area contributed by atoms with E-state index < -0.39 is 0 Å². The predicted molar refractivity (Wildman–Crippen MR) is 70.8 cm³/mol. The summed E-state index contributed by atoms with van der Waals surface area (Å²) < 4.78 is 5.43. The summed E-state index contributed by atoms with van der Waals surface area (Å²) in [6.07, 6.45) is 1.48. The molecule has 96 valence electrons. The Bertz CT molecular complexity index is 547. The van der Waals surface area contributed by atoms with Gasteiger partial charge in [0.25, 0.3) is 0 Å². The number of rotatable bonds is 3. The van der Waals surface area contributed by atoms with Crippen LogP contribution >= 0.6 is 0 Å². The Morgan fingerprint density at radius 2 is 2.00 bits per heavy atom. The molecule has 18 heavy (non-hydrogen) atoms. The molecule has 0 amide bonds. The minimum Gasteiger partial charge on any atom is -0.475 e. The van der Waals surface area contributed by atoms with E-state index in [4.69, 9.17) is 9.84 Å². The van der Waals surface area contributed by atoms with Crippen LogP contribution in [0, 0.1) is 0 Å². The molecular weight excluding hydrogens is 228 g/mol. The Morgan fingerprint density at radius 1 is 1.22 bits per heavy atom. The lowest BCUT2D eigenvalue weighted by Crippen LogP contribution is -2.11. The number of nitrogens with zero attached hydrogens (tertiary/aromatic N) is 2. The lowest BCUT2D eigenvalue weighted by Gasteiger charge is -2.19. The molecular formula is C14H18N2O2. The topological polar surface area (TPSA) is 55.2 Å². The molecule has 0 unspecified atom stereocenters. The number of aromatic nitrogens is 2. The van der Waals surface area contributed by atoms with Crippen molar-refractivity contribution in [1.82, 2.24) is 9.97 Å². The van der Waals surface area contributed by atoms with Crippen molar-refractivity contribution in [1.29, 1.82) is 0 Å². The van der Waals surface area contributed by atoms with Gasteiger partial charge in [-0.1, -0.05) is 26.8 Å². The van der Waals surface area contributed by atoms with Gasteiger partial charge in [-0.25, -0.2) is 9.97 Å². The van der Waals surface area contributed by atoms with Gasteiger partial charge in [0.15, 0.2) is 0 Å². The van der Waals surface area contributed by atoms with Crippen LogP contribution in [-0.2, 0) is 5.41 Å². The van der Waals surface area contributed by atoms with Gasteiger partial charge in [-0.2, -0.15) is 0 Å². The van der Waals surface area contributed by atoms with Gasteiger partial charge >= 0.3 is 0 Å². The molecule has 0 bridgehead atoms. The van der Waals surface area contributed by atoms with Gasteiger partial charge in [0.05, 0.1) is 17.5 Å². The van der Waals surface area contributed by atoms with Crippen molar-refractivity contribution in [2.45, 2.75) is 26.2 Å². The number of aliphatic hydroxyl groups is 1. The number of hydrogen-bond donors (Lipinski definition) is 1. The average molecular weight is 246 g/mol. The standard InChI is InChI=1S/C14H18N2O2/c1-14(2,3)10-4-5-12-11(8-10)13(16-9-15-12)18-7-6-17/h4-5,8-9,17H,6-7H2,1-3H3. The third kappa shape index (κ3) is 2.59. The molecule has 4 heteroatoms. The molecule has 0 aliphatic heterocycles. The van der Waals surface area contributed by atoms with Crippen molar-refractivity contribution >= 4 is 10.9 Å². The SMILES string of the molecule is CC(C)(C)c1ccc2ncnc(OCCO)c2c1. The molecule has 1 aromatic carbocycles. The molecule has 1 heterocycles. The summed E-state index contributed by atoms with van der Waals surface area (Å²) in [4.78, 5) is 8.34. The molecule has 0 spiro atoms. The predicted octanol–water partition coefficient (Wildman–Crippen LogP) is 2.30. The molecule has 2 aromatic rings. The normalized spacial score (nSPS) is 11.8. The van der Waals surface area contributed by atoms with Crippen molar-refractivity contribution in [2.75, 3.05) is 13.2 Å². The van der Waals surface area contributed by atoms with Gasteiger partial charge in [-0.15, -0.1) is 0 Å². The first-order chi connectivity index (χ1) is 8.52. The highest BCUT2D eigenvalue weighted by Gasteiger charge is 2.15. The first-order valence-corrected chi connectivity index (χ1v) is 6.01. The van der Waals surface area contributed by atoms with Gasteiger partial charge in [0.1, 0.15) is 12.9 Å². The molecule has 4 nitrogen and oxygen atoms in total. The molecule has 0 saturated heterocycles. The fourth-order valence-electron chi connectivity index (χ4n) is 1.76. The molecule has 0 saturated carbocycles. The van der Waals surface area contributed by atoms with E-state index in [0.29, 0.717) is 5.88 Å². The summed E-state index contributed by atoms with van der Waals surface area (Å²) in [6, 6.07) is 6.11. The zero-order valence-corrected chi connectivity index (χ0v) is 11.0. The number of aliphatic hydroxyl groups excluding tert-OH is 1. The maximum absolute atomic E-state index is 8.82. The van der Waals surface area contributed by atoms with Gasteiger partial charge in [0.2, 0.25) is 5.88 Å². The highest BCUT2D eigenvalue weighted by molar-refractivity contribution is 5.84. The quantitative estimate of drug-likeness (QED) is 0.902. The second-order valence-corrected chi connectivity index (χ2v) is 5.23. The van der Waals surface area contributed by atoms with E-state index in [-0.39, 0.29) is 18.6 Å². The van der Waals surface area contributed by atoms with E-state index in [1.54, 1.807) is 0 Å². The fourth-order valence-corrected chi connectivity index (χ4v) is 1.76. The Labute approximate surface area is 107 Å². The molecule has 0 aliphatic rings. The Morgan fingerprint density at radius 3 is 2.67 bits per heavy atom. The van der Waals surface area contributed by atoms with Crippen LogP contribution in [-0.4, -0.2) is 28.3 Å². The zero-order valence-electron chi connectivity index (χ0n) is 11.0. The van der Waals surface area contributed by atoms with E-state index in [9.17, 15) is 0 Å². The van der Waals surface area contributed by atoms with Crippen LogP contribution in [0.15, 0.2) is 24.5 Å². The fraction of sp³-hybridized carbons (Fsp3) is 0.429. The van der Waals surface area contributed by atoms with E-state index in [1.165, 1.54) is 11.9 Å². The third-order valence-corrected chi connectivity index (χ3v) is 2.79. The second-order valence-electron chi connectivity index (χ2n) is 5.23.